The number of nitrogens with one attached hydrogen (secondary N) is 1. The number of aromatic amines is 1. The first kappa shape index (κ1) is 11.5. The second-order valence-corrected chi connectivity index (χ2v) is 3.94. The SMILES string of the molecule is Cc1cc(Oc2ccc(C(N)=S)cc2F)n[nH]1. The van der Waals surface area contributed by atoms with Crippen LogP contribution in [0.2, 0.25) is 0 Å². The number of nitrogens with two attached hydrogens (primary N) is 1. The molecule has 1 heterocycles. The molecule has 0 radical (unpaired) electrons. The molecule has 1 aromatic carbocycles. The second kappa shape index (κ2) is 4.50. The van der Waals surface area contributed by atoms with E-state index in [0.717, 1.165) is 5.69 Å². The van der Waals surface area contributed by atoms with Crippen molar-refractivity contribution in [2.75, 3.05) is 0 Å². The van der Waals surface area contributed by atoms with E-state index in [0.29, 0.717) is 11.4 Å². The van der Waals surface area contributed by atoms with Crippen molar-refractivity contribution in [3.8, 4) is 11.6 Å². The quantitative estimate of drug-likeness (QED) is 0.821. The summed E-state index contributed by atoms with van der Waals surface area (Å²) in [4.78, 5) is 0.145. The molecule has 0 aliphatic rings. The fraction of sp³-hybridized carbons (Fsp3) is 0.0909. The number of hydrogen-bond donors (Lipinski definition) is 2. The molecule has 4 nitrogen and oxygen atoms in total. The molecule has 0 fully saturated rings. The van der Waals surface area contributed by atoms with Crippen molar-refractivity contribution < 1.29 is 9.13 Å². The first-order chi connectivity index (χ1) is 8.06. The molecule has 1 aromatic heterocycles. The van der Waals surface area contributed by atoms with Gasteiger partial charge in [-0.05, 0) is 25.1 Å². The van der Waals surface area contributed by atoms with Crippen LogP contribution in [-0.2, 0) is 0 Å². The molecule has 0 unspecified atom stereocenters. The summed E-state index contributed by atoms with van der Waals surface area (Å²) in [7, 11) is 0. The lowest BCUT2D eigenvalue weighted by molar-refractivity contribution is 0.426. The molecule has 0 saturated carbocycles. The number of halogens is 1. The number of aryl methyl sites for hydroxylation is 1. The van der Waals surface area contributed by atoms with E-state index in [4.69, 9.17) is 22.7 Å². The van der Waals surface area contributed by atoms with Crippen LogP contribution in [0.3, 0.4) is 0 Å². The molecular formula is C11H10FN3OS. The van der Waals surface area contributed by atoms with Crippen LogP contribution in [0.25, 0.3) is 0 Å². The Kier molecular flexibility index (Phi) is 3.06. The summed E-state index contributed by atoms with van der Waals surface area (Å²) in [6, 6.07) is 5.96. The molecule has 88 valence electrons. The van der Waals surface area contributed by atoms with Gasteiger partial charge in [0.2, 0.25) is 5.88 Å². The molecule has 0 atom stereocenters. The van der Waals surface area contributed by atoms with E-state index in [1.807, 2.05) is 6.92 Å². The fourth-order valence-electron chi connectivity index (χ4n) is 1.29. The Morgan fingerprint density at radius 1 is 1.47 bits per heavy atom. The lowest BCUT2D eigenvalue weighted by atomic mass is 10.2. The predicted octanol–water partition coefficient (Wildman–Crippen LogP) is 2.28. The number of aromatic nitrogens is 2. The van der Waals surface area contributed by atoms with Gasteiger partial charge >= 0.3 is 0 Å². The van der Waals surface area contributed by atoms with Crippen LogP contribution in [-0.4, -0.2) is 15.2 Å². The number of hydrogen-bond acceptors (Lipinski definition) is 3. The van der Waals surface area contributed by atoms with E-state index in [9.17, 15) is 4.39 Å². The Labute approximate surface area is 103 Å². The fourth-order valence-corrected chi connectivity index (χ4v) is 1.42. The van der Waals surface area contributed by atoms with Gasteiger partial charge in [-0.2, -0.15) is 0 Å². The number of thiocarbonyl (C=S) groups is 1. The number of ether oxygens (including phenoxy) is 1. The van der Waals surface area contributed by atoms with Crippen LogP contribution in [0.1, 0.15) is 11.3 Å². The van der Waals surface area contributed by atoms with Gasteiger partial charge in [-0.1, -0.05) is 12.2 Å². The third kappa shape index (κ3) is 2.59. The van der Waals surface area contributed by atoms with Gasteiger partial charge in [0, 0.05) is 17.3 Å². The molecule has 0 aliphatic carbocycles. The highest BCUT2D eigenvalue weighted by Crippen LogP contribution is 2.24. The van der Waals surface area contributed by atoms with Gasteiger partial charge in [0.1, 0.15) is 4.99 Å². The molecule has 2 rings (SSSR count). The maximum absolute atomic E-state index is 13.6. The summed E-state index contributed by atoms with van der Waals surface area (Å²) < 4.78 is 18.9. The minimum atomic E-state index is -0.532. The number of H-pyrrole nitrogens is 1. The zero-order valence-corrected chi connectivity index (χ0v) is 9.84. The summed E-state index contributed by atoms with van der Waals surface area (Å²) in [5, 5.41) is 6.55. The summed E-state index contributed by atoms with van der Waals surface area (Å²) in [6.45, 7) is 1.83. The van der Waals surface area contributed by atoms with Gasteiger partial charge in [-0.15, -0.1) is 5.10 Å². The zero-order valence-electron chi connectivity index (χ0n) is 9.03. The first-order valence-corrected chi connectivity index (χ1v) is 5.26. The molecule has 17 heavy (non-hydrogen) atoms. The summed E-state index contributed by atoms with van der Waals surface area (Å²) in [6.07, 6.45) is 0. The average molecular weight is 251 g/mol. The van der Waals surface area contributed by atoms with Crippen LogP contribution >= 0.6 is 12.2 Å². The Balaban J connectivity index is 2.25. The predicted molar refractivity (Wildman–Crippen MR) is 65.7 cm³/mol. The van der Waals surface area contributed by atoms with E-state index >= 15 is 0 Å². The largest absolute Gasteiger partial charge is 0.434 e. The molecule has 0 aliphatic heterocycles. The highest BCUT2D eigenvalue weighted by molar-refractivity contribution is 7.80. The lowest BCUT2D eigenvalue weighted by Crippen LogP contribution is -2.09. The Morgan fingerprint density at radius 3 is 2.76 bits per heavy atom. The number of benzene rings is 1. The summed E-state index contributed by atoms with van der Waals surface area (Å²) in [5.74, 6) is -0.142. The molecule has 0 saturated heterocycles. The highest BCUT2D eigenvalue weighted by Gasteiger charge is 2.08. The van der Waals surface area contributed by atoms with E-state index < -0.39 is 5.82 Å². The van der Waals surface area contributed by atoms with E-state index in [-0.39, 0.29) is 10.7 Å². The van der Waals surface area contributed by atoms with Crippen molar-refractivity contribution in [2.45, 2.75) is 6.92 Å². The minimum absolute atomic E-state index is 0.0801. The summed E-state index contributed by atoms with van der Waals surface area (Å²) in [5.41, 5.74) is 6.69. The lowest BCUT2D eigenvalue weighted by Gasteiger charge is -2.05. The maximum atomic E-state index is 13.6. The molecule has 6 heteroatoms. The monoisotopic (exact) mass is 251 g/mol. The summed E-state index contributed by atoms with van der Waals surface area (Å²) >= 11 is 4.75. The van der Waals surface area contributed by atoms with E-state index in [1.54, 1.807) is 12.1 Å². The van der Waals surface area contributed by atoms with Crippen LogP contribution in [0.5, 0.6) is 11.6 Å². The molecule has 0 spiro atoms. The third-order valence-corrected chi connectivity index (χ3v) is 2.35. The topological polar surface area (TPSA) is 63.9 Å². The third-order valence-electron chi connectivity index (χ3n) is 2.11. The molecule has 2 aromatic rings. The minimum Gasteiger partial charge on any atom is -0.434 e. The standard InChI is InChI=1S/C11H10FN3OS/c1-6-4-10(15-14-6)16-9-3-2-7(11(13)17)5-8(9)12/h2-5H,1H3,(H2,13,17)(H,14,15). The van der Waals surface area contributed by atoms with Crippen LogP contribution < -0.4 is 10.5 Å². The molecule has 0 amide bonds. The molecule has 0 bridgehead atoms. The Hall–Kier alpha value is -1.95. The molecule has 3 N–H and O–H groups in total. The van der Waals surface area contributed by atoms with Gasteiger partial charge in [0.15, 0.2) is 11.6 Å². The zero-order chi connectivity index (χ0) is 12.4. The van der Waals surface area contributed by atoms with Gasteiger partial charge in [0.25, 0.3) is 0 Å². The van der Waals surface area contributed by atoms with Crippen molar-refractivity contribution in [3.63, 3.8) is 0 Å². The Bertz CT molecular complexity index is 568. The van der Waals surface area contributed by atoms with Crippen molar-refractivity contribution in [2.24, 2.45) is 5.73 Å². The van der Waals surface area contributed by atoms with Gasteiger partial charge in [-0.3, -0.25) is 5.10 Å². The smallest absolute Gasteiger partial charge is 0.238 e. The highest BCUT2D eigenvalue weighted by atomic mass is 32.1. The van der Waals surface area contributed by atoms with Crippen LogP contribution in [0.15, 0.2) is 24.3 Å². The van der Waals surface area contributed by atoms with E-state index in [2.05, 4.69) is 10.2 Å². The van der Waals surface area contributed by atoms with Crippen molar-refractivity contribution in [3.05, 3.63) is 41.3 Å². The van der Waals surface area contributed by atoms with Gasteiger partial charge in [-0.25, -0.2) is 4.39 Å². The number of rotatable bonds is 3. The molecular weight excluding hydrogens is 241 g/mol. The normalized spacial score (nSPS) is 10.2. The second-order valence-electron chi connectivity index (χ2n) is 3.50. The van der Waals surface area contributed by atoms with Crippen LogP contribution in [0, 0.1) is 12.7 Å². The average Bonchev–Trinajstić information content (AvgIpc) is 2.67. The maximum Gasteiger partial charge on any atom is 0.238 e. The van der Waals surface area contributed by atoms with Gasteiger partial charge in [0.05, 0.1) is 0 Å². The van der Waals surface area contributed by atoms with Crippen LogP contribution in [0.4, 0.5) is 4.39 Å². The first-order valence-electron chi connectivity index (χ1n) is 4.85. The van der Waals surface area contributed by atoms with Crippen molar-refractivity contribution in [1.29, 1.82) is 0 Å². The van der Waals surface area contributed by atoms with Crippen molar-refractivity contribution in [1.82, 2.24) is 10.2 Å². The van der Waals surface area contributed by atoms with E-state index in [1.165, 1.54) is 12.1 Å². The van der Waals surface area contributed by atoms with Gasteiger partial charge < -0.3 is 10.5 Å². The Morgan fingerprint density at radius 2 is 2.24 bits per heavy atom. The number of nitrogens with zero attached hydrogens (tertiary/aromatic N) is 1. The van der Waals surface area contributed by atoms with Crippen molar-refractivity contribution >= 4 is 17.2 Å².